The highest BCUT2D eigenvalue weighted by atomic mass is 79.9. The lowest BCUT2D eigenvalue weighted by Crippen LogP contribution is -2.27. The number of carbonyl (C=O) groups is 1. The second-order valence-corrected chi connectivity index (χ2v) is 3.09. The molecule has 1 aliphatic heterocycles. The molecule has 1 saturated heterocycles. The average molecular weight is 223 g/mol. The molecule has 0 aromatic carbocycles. The van der Waals surface area contributed by atoms with Crippen LogP contribution < -0.4 is 0 Å². The number of hydrogen-bond acceptors (Lipinski definition) is 3. The van der Waals surface area contributed by atoms with Crippen molar-refractivity contribution in [3.05, 3.63) is 0 Å². The van der Waals surface area contributed by atoms with Gasteiger partial charge in [-0.2, -0.15) is 0 Å². The van der Waals surface area contributed by atoms with Crippen LogP contribution in [0.5, 0.6) is 0 Å². The Labute approximate surface area is 74.2 Å². The third kappa shape index (κ3) is 3.20. The fraction of sp³-hybridized carbons (Fsp3) is 0.857. The lowest BCUT2D eigenvalue weighted by atomic mass is 10.3. The maximum absolute atomic E-state index is 10.9. The van der Waals surface area contributed by atoms with Crippen LogP contribution in [0.2, 0.25) is 0 Å². The first-order valence-corrected chi connectivity index (χ1v) is 4.78. The molecule has 0 amide bonds. The van der Waals surface area contributed by atoms with Gasteiger partial charge in [-0.25, -0.2) is 0 Å². The van der Waals surface area contributed by atoms with Gasteiger partial charge in [0.15, 0.2) is 0 Å². The molecule has 0 aromatic heterocycles. The second kappa shape index (κ2) is 4.72. The number of hydrogen-bond donors (Lipinski definition) is 0. The quantitative estimate of drug-likeness (QED) is 0.493. The molecule has 1 rings (SSSR count). The highest BCUT2D eigenvalue weighted by molar-refractivity contribution is 9.09. The van der Waals surface area contributed by atoms with Crippen molar-refractivity contribution in [2.75, 3.05) is 18.5 Å². The number of rotatable bonds is 1. The van der Waals surface area contributed by atoms with Crippen molar-refractivity contribution in [2.24, 2.45) is 0 Å². The highest BCUT2D eigenvalue weighted by Gasteiger charge is 2.15. The first-order chi connectivity index (χ1) is 5.33. The molecule has 0 saturated carbocycles. The van der Waals surface area contributed by atoms with Crippen molar-refractivity contribution in [2.45, 2.75) is 18.9 Å². The summed E-state index contributed by atoms with van der Waals surface area (Å²) in [4.78, 5) is 10.9. The number of halogens is 1. The second-order valence-electron chi connectivity index (χ2n) is 2.44. The van der Waals surface area contributed by atoms with Crippen LogP contribution in [0.15, 0.2) is 0 Å². The number of alkyl halides is 1. The molecule has 11 heavy (non-hydrogen) atoms. The highest BCUT2D eigenvalue weighted by Crippen LogP contribution is 2.06. The monoisotopic (exact) mass is 222 g/mol. The molecular formula is C7H11BrO3. The molecule has 0 bridgehead atoms. The van der Waals surface area contributed by atoms with Crippen LogP contribution in [0.4, 0.5) is 0 Å². The van der Waals surface area contributed by atoms with Gasteiger partial charge >= 0.3 is 5.97 Å². The molecule has 0 radical (unpaired) electrons. The standard InChI is InChI=1S/C7H11BrO3/c8-4-6-5-10-3-1-2-7(9)11-6/h6H,1-5H2/t6-/m1/s1. The SMILES string of the molecule is O=C1CCCOC[C@@H](CBr)O1. The van der Waals surface area contributed by atoms with Gasteiger partial charge in [0, 0.05) is 18.4 Å². The van der Waals surface area contributed by atoms with Gasteiger partial charge in [0.05, 0.1) is 6.61 Å². The predicted octanol–water partition coefficient (Wildman–Crippen LogP) is 1.10. The smallest absolute Gasteiger partial charge is 0.306 e. The lowest BCUT2D eigenvalue weighted by Gasteiger charge is -2.18. The van der Waals surface area contributed by atoms with Crippen LogP contribution in [-0.2, 0) is 14.3 Å². The average Bonchev–Trinajstić information content (AvgIpc) is 1.96. The first-order valence-electron chi connectivity index (χ1n) is 3.66. The zero-order valence-corrected chi connectivity index (χ0v) is 7.80. The van der Waals surface area contributed by atoms with Crippen LogP contribution >= 0.6 is 15.9 Å². The van der Waals surface area contributed by atoms with Gasteiger partial charge in [-0.1, -0.05) is 15.9 Å². The van der Waals surface area contributed by atoms with Gasteiger partial charge in [-0.05, 0) is 6.42 Å². The summed E-state index contributed by atoms with van der Waals surface area (Å²) in [5.74, 6) is -0.113. The van der Waals surface area contributed by atoms with Gasteiger partial charge in [0.2, 0.25) is 0 Å². The van der Waals surface area contributed by atoms with Crippen molar-refractivity contribution in [1.29, 1.82) is 0 Å². The molecule has 1 fully saturated rings. The van der Waals surface area contributed by atoms with Crippen LogP contribution in [0.3, 0.4) is 0 Å². The van der Waals surface area contributed by atoms with E-state index in [2.05, 4.69) is 15.9 Å². The van der Waals surface area contributed by atoms with Gasteiger partial charge in [0.25, 0.3) is 0 Å². The molecule has 0 N–H and O–H groups in total. The van der Waals surface area contributed by atoms with Crippen molar-refractivity contribution in [3.63, 3.8) is 0 Å². The third-order valence-corrected chi connectivity index (χ3v) is 2.17. The summed E-state index contributed by atoms with van der Waals surface area (Å²) in [6.45, 7) is 1.18. The van der Waals surface area contributed by atoms with Crippen molar-refractivity contribution >= 4 is 21.9 Å². The number of ether oxygens (including phenoxy) is 2. The molecule has 0 unspecified atom stereocenters. The summed E-state index contributed by atoms with van der Waals surface area (Å²) < 4.78 is 10.2. The molecule has 0 aliphatic carbocycles. The largest absolute Gasteiger partial charge is 0.459 e. The van der Waals surface area contributed by atoms with E-state index in [9.17, 15) is 4.79 Å². The fourth-order valence-corrected chi connectivity index (χ4v) is 1.21. The Bertz CT molecular complexity index is 138. The lowest BCUT2D eigenvalue weighted by molar-refractivity contribution is -0.153. The van der Waals surface area contributed by atoms with E-state index < -0.39 is 0 Å². The van der Waals surface area contributed by atoms with E-state index in [1.165, 1.54) is 0 Å². The predicted molar refractivity (Wildman–Crippen MR) is 43.7 cm³/mol. The van der Waals surface area contributed by atoms with E-state index in [0.29, 0.717) is 25.0 Å². The Kier molecular flexibility index (Phi) is 3.86. The molecule has 0 aromatic rings. The van der Waals surface area contributed by atoms with Crippen molar-refractivity contribution < 1.29 is 14.3 Å². The molecule has 1 aliphatic rings. The zero-order chi connectivity index (χ0) is 8.10. The minimum atomic E-state index is -0.113. The molecule has 1 atom stereocenters. The van der Waals surface area contributed by atoms with E-state index in [4.69, 9.17) is 9.47 Å². The zero-order valence-electron chi connectivity index (χ0n) is 6.22. The summed E-state index contributed by atoms with van der Waals surface area (Å²) in [5.41, 5.74) is 0. The van der Waals surface area contributed by atoms with Crippen LogP contribution in [0.1, 0.15) is 12.8 Å². The van der Waals surface area contributed by atoms with Gasteiger partial charge in [-0.3, -0.25) is 4.79 Å². The van der Waals surface area contributed by atoms with E-state index in [0.717, 1.165) is 6.42 Å². The topological polar surface area (TPSA) is 35.5 Å². The molecule has 0 spiro atoms. The Morgan fingerprint density at radius 2 is 2.45 bits per heavy atom. The Hall–Kier alpha value is -0.0900. The summed E-state index contributed by atoms with van der Waals surface area (Å²) in [6.07, 6.45) is 1.14. The van der Waals surface area contributed by atoms with E-state index in [1.807, 2.05) is 0 Å². The minimum absolute atomic E-state index is 0.109. The summed E-state index contributed by atoms with van der Waals surface area (Å²) in [7, 11) is 0. The van der Waals surface area contributed by atoms with Gasteiger partial charge in [0.1, 0.15) is 6.10 Å². The summed E-state index contributed by atoms with van der Waals surface area (Å²) in [6, 6.07) is 0. The normalized spacial score (nSPS) is 27.0. The van der Waals surface area contributed by atoms with E-state index >= 15 is 0 Å². The third-order valence-electron chi connectivity index (χ3n) is 1.44. The van der Waals surface area contributed by atoms with Crippen LogP contribution in [0, 0.1) is 0 Å². The Morgan fingerprint density at radius 3 is 3.18 bits per heavy atom. The van der Waals surface area contributed by atoms with Gasteiger partial charge in [-0.15, -0.1) is 0 Å². The molecular weight excluding hydrogens is 212 g/mol. The fourth-order valence-electron chi connectivity index (χ4n) is 0.888. The number of esters is 1. The molecule has 64 valence electrons. The Balaban J connectivity index is 2.35. The maximum Gasteiger partial charge on any atom is 0.306 e. The maximum atomic E-state index is 10.9. The summed E-state index contributed by atoms with van der Waals surface area (Å²) in [5, 5.41) is 0.652. The van der Waals surface area contributed by atoms with Crippen molar-refractivity contribution in [1.82, 2.24) is 0 Å². The van der Waals surface area contributed by atoms with Crippen molar-refractivity contribution in [3.8, 4) is 0 Å². The first kappa shape index (κ1) is 9.00. The Morgan fingerprint density at radius 1 is 1.64 bits per heavy atom. The van der Waals surface area contributed by atoms with E-state index in [-0.39, 0.29) is 12.1 Å². The molecule has 3 nitrogen and oxygen atoms in total. The van der Waals surface area contributed by atoms with E-state index in [1.54, 1.807) is 0 Å². The van der Waals surface area contributed by atoms with Crippen LogP contribution in [0.25, 0.3) is 0 Å². The number of cyclic esters (lactones) is 1. The molecule has 1 heterocycles. The molecule has 4 heteroatoms. The van der Waals surface area contributed by atoms with Crippen LogP contribution in [-0.4, -0.2) is 30.6 Å². The minimum Gasteiger partial charge on any atom is -0.459 e. The number of carbonyl (C=O) groups excluding carboxylic acids is 1. The van der Waals surface area contributed by atoms with Gasteiger partial charge < -0.3 is 9.47 Å². The summed E-state index contributed by atoms with van der Waals surface area (Å²) >= 11 is 3.24.